The van der Waals surface area contributed by atoms with Crippen molar-refractivity contribution in [2.24, 2.45) is 0 Å². The van der Waals surface area contributed by atoms with E-state index in [4.69, 9.17) is 0 Å². The van der Waals surface area contributed by atoms with Gasteiger partial charge >= 0.3 is 0 Å². The number of anilines is 3. The topological polar surface area (TPSA) is 199 Å². The second-order valence-electron chi connectivity index (χ2n) is 16.5. The third-order valence-corrected chi connectivity index (χ3v) is 16.4. The molecule has 0 amide bonds. The number of pyridine rings is 2. The molecule has 10 rings (SSSR count). The Kier molecular flexibility index (Phi) is 12.6. The molecule has 2 atom stereocenters. The SMILES string of the molecule is Brc1ccnc2[nH]ccc12.C[C@@H]1Cc2ncnc(N3CCC(S(C)(=O)=O)CC3)c2CN1.C[C@@H]1Cc2ncnc(N3CCC(S(C)(=O)=O)CC3)c2CN1c1ccnc2[nH]ccc12. The predicted octanol–water partition coefficient (Wildman–Crippen LogP) is 5.17. The zero-order chi connectivity index (χ0) is 42.9. The number of halogens is 1. The number of fused-ring (bicyclic) bond motifs is 4. The maximum atomic E-state index is 11.9. The normalized spacial score (nSPS) is 20.0. The summed E-state index contributed by atoms with van der Waals surface area (Å²) in [4.78, 5) is 39.7. The summed E-state index contributed by atoms with van der Waals surface area (Å²) in [5.41, 5.74) is 7.50. The predicted molar refractivity (Wildman–Crippen MR) is 243 cm³/mol. The third kappa shape index (κ3) is 9.54. The lowest BCUT2D eigenvalue weighted by Gasteiger charge is -2.39. The number of aromatic amines is 2. The molecule has 0 aromatic carbocycles. The highest BCUT2D eigenvalue weighted by Crippen LogP contribution is 2.36. The van der Waals surface area contributed by atoms with Crippen molar-refractivity contribution in [2.45, 2.75) is 88.0 Å². The zero-order valence-electron chi connectivity index (χ0n) is 34.9. The summed E-state index contributed by atoms with van der Waals surface area (Å²) in [6, 6.07) is 8.80. The third-order valence-electron chi connectivity index (χ3n) is 12.3. The Morgan fingerprint density at radius 1 is 0.656 bits per heavy atom. The van der Waals surface area contributed by atoms with Crippen molar-refractivity contribution >= 4 is 75.0 Å². The summed E-state index contributed by atoms with van der Waals surface area (Å²) in [5, 5.41) is 5.23. The molecular weight excluding hydrogens is 881 g/mol. The van der Waals surface area contributed by atoms with Crippen molar-refractivity contribution in [3.05, 3.63) is 88.7 Å². The van der Waals surface area contributed by atoms with Gasteiger partial charge in [0.15, 0.2) is 0 Å². The van der Waals surface area contributed by atoms with E-state index >= 15 is 0 Å². The fourth-order valence-corrected chi connectivity index (χ4v) is 11.5. The number of nitrogens with zero attached hydrogens (tertiary/aromatic N) is 9. The molecule has 6 aromatic heterocycles. The number of sulfone groups is 2. The van der Waals surface area contributed by atoms with Gasteiger partial charge in [-0.05, 0) is 79.7 Å². The maximum absolute atomic E-state index is 11.9. The largest absolute Gasteiger partial charge is 0.363 e. The average Bonchev–Trinajstić information content (AvgIpc) is 3.94. The Morgan fingerprint density at radius 3 is 1.75 bits per heavy atom. The van der Waals surface area contributed by atoms with Crippen molar-refractivity contribution in [1.29, 1.82) is 0 Å². The van der Waals surface area contributed by atoms with E-state index in [0.717, 1.165) is 99.8 Å². The van der Waals surface area contributed by atoms with Crippen LogP contribution in [0.15, 0.2) is 66.2 Å². The van der Waals surface area contributed by atoms with E-state index in [9.17, 15) is 16.8 Å². The molecule has 61 heavy (non-hydrogen) atoms. The first kappa shape index (κ1) is 42.9. The Hall–Kier alpha value is -4.72. The number of hydrogen-bond acceptors (Lipinski definition) is 14. The van der Waals surface area contributed by atoms with Crippen LogP contribution in [0, 0.1) is 0 Å². The minimum Gasteiger partial charge on any atom is -0.363 e. The summed E-state index contributed by atoms with van der Waals surface area (Å²) in [6.45, 7) is 8.79. The minimum absolute atomic E-state index is 0.204. The summed E-state index contributed by atoms with van der Waals surface area (Å²) in [7, 11) is -5.92. The molecule has 3 N–H and O–H groups in total. The van der Waals surface area contributed by atoms with Crippen molar-refractivity contribution in [3.63, 3.8) is 0 Å². The van der Waals surface area contributed by atoms with E-state index in [0.29, 0.717) is 50.9 Å². The fraction of sp³-hybridized carbons (Fsp3) is 0.476. The van der Waals surface area contributed by atoms with Gasteiger partial charge in [-0.15, -0.1) is 0 Å². The van der Waals surface area contributed by atoms with Gasteiger partial charge in [0.1, 0.15) is 55.3 Å². The van der Waals surface area contributed by atoms with E-state index < -0.39 is 19.7 Å². The number of hydrogen-bond donors (Lipinski definition) is 3. The molecule has 2 fully saturated rings. The molecule has 16 nitrogen and oxygen atoms in total. The summed E-state index contributed by atoms with van der Waals surface area (Å²) >= 11 is 3.42. The van der Waals surface area contributed by atoms with Gasteiger partial charge in [0, 0.05) is 134 Å². The Bertz CT molecular complexity index is 2710. The number of rotatable bonds is 5. The molecule has 0 bridgehead atoms. The van der Waals surface area contributed by atoms with Crippen molar-refractivity contribution in [3.8, 4) is 0 Å². The van der Waals surface area contributed by atoms with E-state index in [1.807, 2.05) is 30.7 Å². The zero-order valence-corrected chi connectivity index (χ0v) is 38.1. The summed E-state index contributed by atoms with van der Waals surface area (Å²) in [6.07, 6.45) is 17.8. The van der Waals surface area contributed by atoms with Crippen LogP contribution in [0.3, 0.4) is 0 Å². The van der Waals surface area contributed by atoms with Crippen LogP contribution in [0.5, 0.6) is 0 Å². The van der Waals surface area contributed by atoms with Crippen LogP contribution >= 0.6 is 15.9 Å². The first-order valence-corrected chi connectivity index (χ1v) is 25.5. The van der Waals surface area contributed by atoms with Crippen LogP contribution in [0.25, 0.3) is 22.1 Å². The Balaban J connectivity index is 0.000000143. The highest BCUT2D eigenvalue weighted by atomic mass is 79.9. The van der Waals surface area contributed by atoms with Crippen LogP contribution in [-0.4, -0.2) is 118 Å². The highest BCUT2D eigenvalue weighted by Gasteiger charge is 2.33. The smallest absolute Gasteiger partial charge is 0.150 e. The van der Waals surface area contributed by atoms with Crippen LogP contribution in [0.4, 0.5) is 17.3 Å². The molecule has 0 unspecified atom stereocenters. The number of nitrogens with one attached hydrogen (secondary N) is 3. The monoisotopic (exact) mass is 932 g/mol. The molecular formula is C42H53BrN12O4S2. The second-order valence-corrected chi connectivity index (χ2v) is 22.1. The molecule has 2 saturated heterocycles. The summed E-state index contributed by atoms with van der Waals surface area (Å²) < 4.78 is 48.2. The van der Waals surface area contributed by atoms with Gasteiger partial charge in [-0.25, -0.2) is 46.7 Å². The minimum atomic E-state index is -2.99. The van der Waals surface area contributed by atoms with Gasteiger partial charge in [-0.1, -0.05) is 0 Å². The Morgan fingerprint density at radius 2 is 1.18 bits per heavy atom. The molecule has 0 spiro atoms. The van der Waals surface area contributed by atoms with Gasteiger partial charge in [-0.2, -0.15) is 0 Å². The second kappa shape index (κ2) is 17.9. The van der Waals surface area contributed by atoms with Crippen LogP contribution < -0.4 is 20.0 Å². The average molecular weight is 934 g/mol. The maximum Gasteiger partial charge on any atom is 0.150 e. The van der Waals surface area contributed by atoms with Crippen molar-refractivity contribution < 1.29 is 16.8 Å². The fourth-order valence-electron chi connectivity index (χ4n) is 8.91. The summed E-state index contributed by atoms with van der Waals surface area (Å²) in [5.74, 6) is 1.93. The van der Waals surface area contributed by atoms with E-state index in [-0.39, 0.29) is 10.5 Å². The lowest BCUT2D eigenvalue weighted by Crippen LogP contribution is -2.43. The Labute approximate surface area is 365 Å². The van der Waals surface area contributed by atoms with Gasteiger partial charge in [-0.3, -0.25) is 0 Å². The lowest BCUT2D eigenvalue weighted by molar-refractivity contribution is 0.496. The standard InChI is InChI=1S/C21H26N6O2S.C14H22N4O2S.C7H5BrN2/c1-14-11-18-17(12-27(14)19-4-8-23-20-16(19)3-7-22-20)21(25-13-24-18)26-9-5-15(6-10-26)30(2,28)29;1-10-7-13-12(8-15-10)14(17-9-16-13)18-5-3-11(4-6-18)21(2,19)20;8-6-2-4-10-7-5(6)1-3-9-7/h3-4,7-8,13-15H,5-6,9-12H2,1-2H3,(H,22,23);9-11,15H,3-8H2,1-2H3;1-4H,(H,9,10)/t14-;10-;/m11./s1. The first-order chi connectivity index (χ1) is 29.2. The molecule has 4 aliphatic rings. The van der Waals surface area contributed by atoms with E-state index in [2.05, 4.69) is 102 Å². The number of piperidine rings is 2. The van der Waals surface area contributed by atoms with E-state index in [1.165, 1.54) is 18.1 Å². The first-order valence-electron chi connectivity index (χ1n) is 20.8. The van der Waals surface area contributed by atoms with Gasteiger partial charge < -0.3 is 30.0 Å². The van der Waals surface area contributed by atoms with Crippen LogP contribution in [0.1, 0.15) is 62.0 Å². The molecule has 0 radical (unpaired) electrons. The number of aromatic nitrogens is 8. The molecule has 0 aliphatic carbocycles. The highest BCUT2D eigenvalue weighted by molar-refractivity contribution is 9.10. The molecule has 6 aromatic rings. The quantitative estimate of drug-likeness (QED) is 0.205. The van der Waals surface area contributed by atoms with E-state index in [1.54, 1.807) is 18.9 Å². The molecule has 19 heteroatoms. The molecule has 10 heterocycles. The lowest BCUT2D eigenvalue weighted by atomic mass is 9.98. The van der Waals surface area contributed by atoms with Gasteiger partial charge in [0.05, 0.1) is 21.9 Å². The van der Waals surface area contributed by atoms with Gasteiger partial charge in [0.2, 0.25) is 0 Å². The van der Waals surface area contributed by atoms with Crippen LogP contribution in [0.2, 0.25) is 0 Å². The van der Waals surface area contributed by atoms with Crippen molar-refractivity contribution in [2.75, 3.05) is 53.4 Å². The van der Waals surface area contributed by atoms with Gasteiger partial charge in [0.25, 0.3) is 0 Å². The molecule has 324 valence electrons. The molecule has 4 aliphatic heterocycles. The number of H-pyrrole nitrogens is 2. The van der Waals surface area contributed by atoms with Crippen molar-refractivity contribution in [1.82, 2.24) is 45.2 Å². The molecule has 0 saturated carbocycles. The van der Waals surface area contributed by atoms with Crippen LogP contribution in [-0.2, 0) is 45.6 Å².